The molecule has 3 heteroatoms. The highest BCUT2D eigenvalue weighted by Gasteiger charge is 2.23. The smallest absolute Gasteiger partial charge is 0.0558 e. The van der Waals surface area contributed by atoms with Crippen molar-refractivity contribution in [3.05, 3.63) is 64.1 Å². The van der Waals surface area contributed by atoms with Gasteiger partial charge in [-0.2, -0.15) is 0 Å². The van der Waals surface area contributed by atoms with Crippen LogP contribution in [0, 0.1) is 20.8 Å². The van der Waals surface area contributed by atoms with Crippen molar-refractivity contribution in [1.82, 2.24) is 14.5 Å². The highest BCUT2D eigenvalue weighted by Crippen LogP contribution is 2.34. The average Bonchev–Trinajstić information content (AvgIpc) is 2.89. The number of pyridine rings is 1. The normalized spacial score (nSPS) is 15.5. The molecule has 4 rings (SSSR count). The van der Waals surface area contributed by atoms with Gasteiger partial charge in [-0.15, -0.1) is 0 Å². The van der Waals surface area contributed by atoms with Crippen LogP contribution in [0.3, 0.4) is 0 Å². The molecule has 2 aromatic heterocycles. The zero-order valence-electron chi connectivity index (χ0n) is 16.4. The predicted molar refractivity (Wildman–Crippen MR) is 110 cm³/mol. The molecular formula is C23H27N3. The van der Waals surface area contributed by atoms with Gasteiger partial charge < -0.3 is 9.47 Å². The summed E-state index contributed by atoms with van der Waals surface area (Å²) in [5.74, 6) is 0. The number of nitrogens with zero attached hydrogens (tertiary/aromatic N) is 3. The fraction of sp³-hybridized carbons (Fsp3) is 0.348. The third-order valence-corrected chi connectivity index (χ3v) is 5.50. The van der Waals surface area contributed by atoms with Crippen LogP contribution >= 0.6 is 0 Å². The van der Waals surface area contributed by atoms with Gasteiger partial charge in [0.1, 0.15) is 0 Å². The van der Waals surface area contributed by atoms with Gasteiger partial charge >= 0.3 is 0 Å². The molecule has 3 nitrogen and oxygen atoms in total. The molecule has 0 saturated carbocycles. The molecule has 0 aliphatic carbocycles. The number of aryl methyl sites for hydroxylation is 3. The van der Waals surface area contributed by atoms with Gasteiger partial charge in [0.25, 0.3) is 0 Å². The standard InChI is InChI=1S/C23H27N3/c1-15-10-16(2)23-20(11-15)21-14-25(5)9-8-22(21)26(23)13-17(3)19-7-6-18(4)24-12-19/h6-7,10-13H,8-9,14H2,1-5H3. The number of benzene rings is 1. The summed E-state index contributed by atoms with van der Waals surface area (Å²) in [4.78, 5) is 6.88. The third kappa shape index (κ3) is 2.86. The lowest BCUT2D eigenvalue weighted by molar-refractivity contribution is 0.312. The average molecular weight is 345 g/mol. The summed E-state index contributed by atoms with van der Waals surface area (Å²) in [5, 5.41) is 1.41. The lowest BCUT2D eigenvalue weighted by Gasteiger charge is -2.23. The van der Waals surface area contributed by atoms with Gasteiger partial charge in [-0.25, -0.2) is 0 Å². The fourth-order valence-electron chi connectivity index (χ4n) is 4.15. The van der Waals surface area contributed by atoms with E-state index in [0.29, 0.717) is 0 Å². The molecule has 0 amide bonds. The zero-order valence-corrected chi connectivity index (χ0v) is 16.4. The molecule has 0 radical (unpaired) electrons. The van der Waals surface area contributed by atoms with Crippen LogP contribution in [0.25, 0.3) is 22.7 Å². The molecule has 26 heavy (non-hydrogen) atoms. The molecule has 3 heterocycles. The zero-order chi connectivity index (χ0) is 18.4. The number of likely N-dealkylation sites (N-methyl/N-ethyl adjacent to an activating group) is 1. The summed E-state index contributed by atoms with van der Waals surface area (Å²) in [5.41, 5.74) is 10.5. The van der Waals surface area contributed by atoms with E-state index in [4.69, 9.17) is 0 Å². The summed E-state index contributed by atoms with van der Waals surface area (Å²) in [6.45, 7) is 10.8. The second-order valence-electron chi connectivity index (χ2n) is 7.76. The molecule has 134 valence electrons. The van der Waals surface area contributed by atoms with Gasteiger partial charge in [0.15, 0.2) is 0 Å². The molecule has 0 fully saturated rings. The minimum absolute atomic E-state index is 1.03. The number of hydrogen-bond donors (Lipinski definition) is 0. The maximum atomic E-state index is 4.46. The van der Waals surface area contributed by atoms with E-state index in [2.05, 4.69) is 72.7 Å². The van der Waals surface area contributed by atoms with Gasteiger partial charge in [0.2, 0.25) is 0 Å². The summed E-state index contributed by atoms with van der Waals surface area (Å²) < 4.78 is 2.45. The van der Waals surface area contributed by atoms with Gasteiger partial charge in [0.05, 0.1) is 5.52 Å². The van der Waals surface area contributed by atoms with Crippen molar-refractivity contribution < 1.29 is 0 Å². The van der Waals surface area contributed by atoms with Crippen LogP contribution in [0.15, 0.2) is 30.5 Å². The van der Waals surface area contributed by atoms with Gasteiger partial charge in [-0.05, 0) is 69.1 Å². The summed E-state index contributed by atoms with van der Waals surface area (Å²) in [7, 11) is 2.22. The Kier molecular flexibility index (Phi) is 4.20. The Hall–Kier alpha value is -2.39. The number of allylic oxidation sites excluding steroid dienone is 1. The molecule has 0 bridgehead atoms. The van der Waals surface area contributed by atoms with E-state index in [0.717, 1.165) is 25.2 Å². The van der Waals surface area contributed by atoms with Crippen molar-refractivity contribution >= 4 is 22.7 Å². The fourth-order valence-corrected chi connectivity index (χ4v) is 4.15. The molecular weight excluding hydrogens is 318 g/mol. The van der Waals surface area contributed by atoms with Gasteiger partial charge in [-0.1, -0.05) is 17.7 Å². The molecule has 1 aliphatic heterocycles. The molecule has 3 aromatic rings. The maximum Gasteiger partial charge on any atom is 0.0558 e. The third-order valence-electron chi connectivity index (χ3n) is 5.50. The first kappa shape index (κ1) is 17.0. The Labute approximate surface area is 156 Å². The lowest BCUT2D eigenvalue weighted by Crippen LogP contribution is -2.26. The molecule has 0 unspecified atom stereocenters. The van der Waals surface area contributed by atoms with Crippen molar-refractivity contribution in [2.75, 3.05) is 13.6 Å². The number of rotatable bonds is 2. The van der Waals surface area contributed by atoms with Gasteiger partial charge in [-0.3, -0.25) is 4.98 Å². The Morgan fingerprint density at radius 2 is 1.96 bits per heavy atom. The van der Waals surface area contributed by atoms with E-state index in [1.165, 1.54) is 44.4 Å². The number of aromatic nitrogens is 2. The maximum absolute atomic E-state index is 4.46. The Bertz CT molecular complexity index is 1010. The number of hydrogen-bond acceptors (Lipinski definition) is 2. The first-order valence-electron chi connectivity index (χ1n) is 9.37. The van der Waals surface area contributed by atoms with Crippen LogP contribution in [0.1, 0.15) is 40.6 Å². The first-order chi connectivity index (χ1) is 12.4. The quantitative estimate of drug-likeness (QED) is 0.654. The highest BCUT2D eigenvalue weighted by atomic mass is 15.1. The molecule has 1 aromatic carbocycles. The Morgan fingerprint density at radius 1 is 1.15 bits per heavy atom. The lowest BCUT2D eigenvalue weighted by atomic mass is 10.0. The van der Waals surface area contributed by atoms with Crippen LogP contribution in [0.5, 0.6) is 0 Å². The minimum Gasteiger partial charge on any atom is -0.319 e. The molecule has 0 atom stereocenters. The predicted octanol–water partition coefficient (Wildman–Crippen LogP) is 4.97. The Morgan fingerprint density at radius 3 is 2.69 bits per heavy atom. The highest BCUT2D eigenvalue weighted by molar-refractivity contribution is 5.92. The summed E-state index contributed by atoms with van der Waals surface area (Å²) in [6.07, 6.45) is 5.38. The van der Waals surface area contributed by atoms with Crippen LogP contribution in [-0.2, 0) is 13.0 Å². The van der Waals surface area contributed by atoms with Crippen molar-refractivity contribution in [2.24, 2.45) is 0 Å². The van der Waals surface area contributed by atoms with E-state index in [1.807, 2.05) is 13.1 Å². The largest absolute Gasteiger partial charge is 0.319 e. The molecule has 1 aliphatic rings. The molecule has 0 spiro atoms. The second-order valence-corrected chi connectivity index (χ2v) is 7.76. The summed E-state index contributed by atoms with van der Waals surface area (Å²) in [6, 6.07) is 8.90. The van der Waals surface area contributed by atoms with Crippen molar-refractivity contribution in [2.45, 2.75) is 40.7 Å². The van der Waals surface area contributed by atoms with E-state index in [1.54, 1.807) is 0 Å². The SMILES string of the molecule is CC(=Cn1c2c(c3cc(C)cc(C)c31)CN(C)CC2)c1ccc(C)nc1. The van der Waals surface area contributed by atoms with Crippen molar-refractivity contribution in [3.8, 4) is 0 Å². The van der Waals surface area contributed by atoms with E-state index < -0.39 is 0 Å². The monoisotopic (exact) mass is 345 g/mol. The summed E-state index contributed by atoms with van der Waals surface area (Å²) >= 11 is 0. The topological polar surface area (TPSA) is 21.1 Å². The van der Waals surface area contributed by atoms with Crippen LogP contribution < -0.4 is 0 Å². The van der Waals surface area contributed by atoms with Crippen LogP contribution in [-0.4, -0.2) is 28.0 Å². The molecule has 0 N–H and O–H groups in total. The number of fused-ring (bicyclic) bond motifs is 3. The van der Waals surface area contributed by atoms with Crippen LogP contribution in [0.4, 0.5) is 0 Å². The van der Waals surface area contributed by atoms with Gasteiger partial charge in [0, 0.05) is 48.7 Å². The minimum atomic E-state index is 1.03. The molecule has 0 saturated heterocycles. The van der Waals surface area contributed by atoms with Crippen molar-refractivity contribution in [3.63, 3.8) is 0 Å². The van der Waals surface area contributed by atoms with Crippen LogP contribution in [0.2, 0.25) is 0 Å². The van der Waals surface area contributed by atoms with E-state index in [9.17, 15) is 0 Å². The Balaban J connectivity index is 1.94. The van der Waals surface area contributed by atoms with E-state index in [-0.39, 0.29) is 0 Å². The first-order valence-corrected chi connectivity index (χ1v) is 9.37. The van der Waals surface area contributed by atoms with E-state index >= 15 is 0 Å². The second kappa shape index (κ2) is 6.40. The van der Waals surface area contributed by atoms with Crippen molar-refractivity contribution in [1.29, 1.82) is 0 Å².